The highest BCUT2D eigenvalue weighted by molar-refractivity contribution is 7.18. The van der Waals surface area contributed by atoms with Crippen molar-refractivity contribution in [1.82, 2.24) is 4.98 Å². The van der Waals surface area contributed by atoms with Crippen molar-refractivity contribution in [1.29, 1.82) is 0 Å². The van der Waals surface area contributed by atoms with Crippen molar-refractivity contribution in [3.05, 3.63) is 52.5 Å². The predicted molar refractivity (Wildman–Crippen MR) is 94.8 cm³/mol. The first-order valence-corrected chi connectivity index (χ1v) is 8.57. The number of nitrogens with zero attached hydrogens (tertiary/aromatic N) is 2. The number of aromatic nitrogens is 1. The first kappa shape index (κ1) is 15.4. The quantitative estimate of drug-likeness (QED) is 0.681. The molecule has 24 heavy (non-hydrogen) atoms. The largest absolute Gasteiger partial charge is 0.508 e. The van der Waals surface area contributed by atoms with E-state index < -0.39 is 5.41 Å². The highest BCUT2D eigenvalue weighted by atomic mass is 32.1. The number of anilines is 1. The van der Waals surface area contributed by atoms with E-state index >= 15 is 0 Å². The van der Waals surface area contributed by atoms with Gasteiger partial charge >= 0.3 is 0 Å². The van der Waals surface area contributed by atoms with E-state index in [2.05, 4.69) is 4.98 Å². The van der Waals surface area contributed by atoms with Gasteiger partial charge in [0.1, 0.15) is 12.5 Å². The number of hydrogen-bond acceptors (Lipinski definition) is 6. The Kier molecular flexibility index (Phi) is 3.49. The maximum Gasteiger partial charge on any atom is 0.122 e. The maximum atomic E-state index is 10.6. The number of aliphatic hydroxyl groups is 2. The van der Waals surface area contributed by atoms with E-state index in [0.29, 0.717) is 12.1 Å². The van der Waals surface area contributed by atoms with Gasteiger partial charge in [0.2, 0.25) is 0 Å². The summed E-state index contributed by atoms with van der Waals surface area (Å²) in [5, 5.41) is 31.6. The molecule has 2 aromatic carbocycles. The predicted octanol–water partition coefficient (Wildman–Crippen LogP) is 2.36. The Hall–Kier alpha value is -2.15. The lowest BCUT2D eigenvalue weighted by Crippen LogP contribution is -2.38. The van der Waals surface area contributed by atoms with Crippen molar-refractivity contribution in [3.8, 4) is 5.75 Å². The Balaban J connectivity index is 1.98. The van der Waals surface area contributed by atoms with Crippen molar-refractivity contribution in [3.63, 3.8) is 0 Å². The normalized spacial score (nSPS) is 19.9. The van der Waals surface area contributed by atoms with Crippen LogP contribution in [0.2, 0.25) is 0 Å². The van der Waals surface area contributed by atoms with E-state index in [9.17, 15) is 15.3 Å². The lowest BCUT2D eigenvalue weighted by Gasteiger charge is -2.29. The molecule has 0 aliphatic carbocycles. The summed E-state index contributed by atoms with van der Waals surface area (Å²) in [5.74, 6) is 0.122. The molecule has 0 spiro atoms. The number of phenolic OH excluding ortho intramolecular Hbond substituents is 1. The molecule has 1 aromatic heterocycles. The van der Waals surface area contributed by atoms with E-state index in [1.807, 2.05) is 42.2 Å². The van der Waals surface area contributed by atoms with Gasteiger partial charge < -0.3 is 20.2 Å². The number of benzene rings is 2. The highest BCUT2D eigenvalue weighted by Gasteiger charge is 2.45. The Labute approximate surface area is 143 Å². The lowest BCUT2D eigenvalue weighted by molar-refractivity contribution is 0.217. The molecule has 1 atom stereocenters. The zero-order valence-corrected chi connectivity index (χ0v) is 14.0. The van der Waals surface area contributed by atoms with Crippen LogP contribution in [-0.4, -0.2) is 40.2 Å². The minimum absolute atomic E-state index is 0.122. The van der Waals surface area contributed by atoms with Crippen LogP contribution in [-0.2, 0) is 5.41 Å². The first-order valence-electron chi connectivity index (χ1n) is 7.76. The van der Waals surface area contributed by atoms with Crippen molar-refractivity contribution in [2.75, 3.05) is 24.8 Å². The lowest BCUT2D eigenvalue weighted by atomic mass is 9.76. The van der Waals surface area contributed by atoms with Gasteiger partial charge in [0, 0.05) is 23.9 Å². The minimum Gasteiger partial charge on any atom is -0.508 e. The van der Waals surface area contributed by atoms with E-state index in [0.717, 1.165) is 26.5 Å². The number of rotatable bonds is 3. The number of aryl methyl sites for hydroxylation is 1. The van der Waals surface area contributed by atoms with Gasteiger partial charge in [-0.05, 0) is 24.6 Å². The average molecular weight is 342 g/mol. The summed E-state index contributed by atoms with van der Waals surface area (Å²) in [6.07, 6.45) is 0. The molecule has 0 saturated carbocycles. The fraction of sp³-hybridized carbons (Fsp3) is 0.278. The van der Waals surface area contributed by atoms with Gasteiger partial charge in [0.15, 0.2) is 0 Å². The molecule has 0 bridgehead atoms. The third-order valence-corrected chi connectivity index (χ3v) is 5.72. The summed E-state index contributed by atoms with van der Waals surface area (Å²) in [7, 11) is 0. The van der Waals surface area contributed by atoms with Crippen LogP contribution in [0.4, 0.5) is 5.69 Å². The summed E-state index contributed by atoms with van der Waals surface area (Å²) < 4.78 is 0.980. The van der Waals surface area contributed by atoms with Crippen LogP contribution in [0.5, 0.6) is 5.75 Å². The number of para-hydroxylation sites is 1. The molecule has 0 fully saturated rings. The monoisotopic (exact) mass is 342 g/mol. The Morgan fingerprint density at radius 3 is 2.75 bits per heavy atom. The van der Waals surface area contributed by atoms with Gasteiger partial charge in [0.05, 0.1) is 27.2 Å². The highest BCUT2D eigenvalue weighted by Crippen LogP contribution is 2.48. The van der Waals surface area contributed by atoms with E-state index in [1.54, 1.807) is 17.4 Å². The molecule has 0 amide bonds. The zero-order chi connectivity index (χ0) is 16.9. The topological polar surface area (TPSA) is 76.8 Å². The van der Waals surface area contributed by atoms with Crippen LogP contribution in [0.1, 0.15) is 16.1 Å². The van der Waals surface area contributed by atoms with Crippen molar-refractivity contribution in [2.24, 2.45) is 0 Å². The molecule has 0 saturated heterocycles. The number of fused-ring (bicyclic) bond motifs is 2. The molecule has 1 aliphatic heterocycles. The van der Waals surface area contributed by atoms with Crippen LogP contribution in [0.3, 0.4) is 0 Å². The molecule has 3 N–H and O–H groups in total. The van der Waals surface area contributed by atoms with Crippen LogP contribution in [0.15, 0.2) is 36.4 Å². The Bertz CT molecular complexity index is 924. The molecule has 1 unspecified atom stereocenters. The first-order chi connectivity index (χ1) is 11.6. The number of hydrogen-bond donors (Lipinski definition) is 3. The van der Waals surface area contributed by atoms with Gasteiger partial charge in [0.25, 0.3) is 0 Å². The van der Waals surface area contributed by atoms with Crippen LogP contribution in [0.25, 0.3) is 10.2 Å². The molecule has 6 heteroatoms. The Morgan fingerprint density at radius 2 is 2.00 bits per heavy atom. The summed E-state index contributed by atoms with van der Waals surface area (Å²) in [4.78, 5) is 6.22. The molecular formula is C18H18N2O3S. The van der Waals surface area contributed by atoms with Gasteiger partial charge in [-0.2, -0.15) is 0 Å². The molecule has 1 aliphatic rings. The van der Waals surface area contributed by atoms with Gasteiger partial charge in [-0.1, -0.05) is 18.2 Å². The number of phenols is 1. The summed E-state index contributed by atoms with van der Waals surface area (Å²) in [5.41, 5.74) is 2.46. The van der Waals surface area contributed by atoms with Crippen molar-refractivity contribution < 1.29 is 15.3 Å². The average Bonchev–Trinajstić information content (AvgIpc) is 3.11. The zero-order valence-electron chi connectivity index (χ0n) is 13.2. The Morgan fingerprint density at radius 1 is 1.21 bits per heavy atom. The summed E-state index contributed by atoms with van der Waals surface area (Å²) in [6.45, 7) is 2.05. The van der Waals surface area contributed by atoms with Gasteiger partial charge in [-0.3, -0.25) is 0 Å². The van der Waals surface area contributed by atoms with Crippen LogP contribution in [0, 0.1) is 6.92 Å². The second-order valence-electron chi connectivity index (χ2n) is 6.17. The number of thiazole rings is 1. The molecule has 0 radical (unpaired) electrons. The third kappa shape index (κ3) is 2.04. The van der Waals surface area contributed by atoms with Crippen molar-refractivity contribution in [2.45, 2.75) is 12.3 Å². The van der Waals surface area contributed by atoms with Crippen LogP contribution < -0.4 is 4.90 Å². The van der Waals surface area contributed by atoms with Gasteiger partial charge in [-0.25, -0.2) is 4.98 Å². The molecule has 2 heterocycles. The molecule has 124 valence electrons. The standard InChI is InChI=1S/C18H18N2O3S/c1-11-19-14-7-16(23)13(6-17(14)24-11)18(9-21)8-20(10-22)15-5-3-2-4-12(15)18/h2-7,21-23H,8-10H2,1H3. The van der Waals surface area contributed by atoms with E-state index in [1.165, 1.54) is 0 Å². The van der Waals surface area contributed by atoms with Crippen LogP contribution >= 0.6 is 11.3 Å². The minimum atomic E-state index is -0.768. The summed E-state index contributed by atoms with van der Waals surface area (Å²) >= 11 is 1.56. The molecule has 3 aromatic rings. The van der Waals surface area contributed by atoms with Crippen molar-refractivity contribution >= 4 is 27.2 Å². The maximum absolute atomic E-state index is 10.6. The molecule has 4 rings (SSSR count). The van der Waals surface area contributed by atoms with E-state index in [4.69, 9.17) is 0 Å². The summed E-state index contributed by atoms with van der Waals surface area (Å²) in [6, 6.07) is 11.3. The molecular weight excluding hydrogens is 324 g/mol. The third-order valence-electron chi connectivity index (χ3n) is 4.79. The second-order valence-corrected chi connectivity index (χ2v) is 7.40. The van der Waals surface area contributed by atoms with Gasteiger partial charge in [-0.15, -0.1) is 11.3 Å². The SMILES string of the molecule is Cc1nc2cc(O)c(C3(CO)CN(CO)c4ccccc43)cc2s1. The molecule has 5 nitrogen and oxygen atoms in total. The smallest absolute Gasteiger partial charge is 0.122 e. The van der Waals surface area contributed by atoms with E-state index in [-0.39, 0.29) is 19.1 Å². The number of aromatic hydroxyl groups is 1. The fourth-order valence-corrected chi connectivity index (χ4v) is 4.54. The fourth-order valence-electron chi connectivity index (χ4n) is 3.69. The number of aliphatic hydroxyl groups excluding tert-OH is 2. The second kappa shape index (κ2) is 5.44.